The number of benzene rings is 1. The van der Waals surface area contributed by atoms with Crippen molar-refractivity contribution in [3.8, 4) is 0 Å². The van der Waals surface area contributed by atoms with E-state index in [1.165, 1.54) is 0 Å². The van der Waals surface area contributed by atoms with Gasteiger partial charge in [-0.3, -0.25) is 0 Å². The van der Waals surface area contributed by atoms with E-state index < -0.39 is 9.84 Å². The predicted molar refractivity (Wildman–Crippen MR) is 108 cm³/mol. The van der Waals surface area contributed by atoms with Crippen molar-refractivity contribution in [2.24, 2.45) is 4.99 Å². The van der Waals surface area contributed by atoms with E-state index in [1.807, 2.05) is 50.4 Å². The molecule has 0 fully saturated rings. The van der Waals surface area contributed by atoms with Crippen molar-refractivity contribution in [2.45, 2.75) is 32.6 Å². The Bertz CT molecular complexity index is 802. The first-order valence-electron chi connectivity index (χ1n) is 8.66. The van der Waals surface area contributed by atoms with Crippen LogP contribution in [0.1, 0.15) is 28.8 Å². The Morgan fingerprint density at radius 1 is 1.23 bits per heavy atom. The van der Waals surface area contributed by atoms with Crippen molar-refractivity contribution >= 4 is 27.1 Å². The third-order valence-electron chi connectivity index (χ3n) is 3.54. The number of aliphatic imine (C=N–C) groups is 1. The normalized spacial score (nSPS) is 12.2. The van der Waals surface area contributed by atoms with E-state index in [2.05, 4.69) is 20.6 Å². The molecule has 1 aromatic carbocycles. The number of hydrogen-bond acceptors (Lipinski definition) is 5. The summed E-state index contributed by atoms with van der Waals surface area (Å²) < 4.78 is 24.4. The molecule has 0 aliphatic carbocycles. The molecule has 0 atom stereocenters. The van der Waals surface area contributed by atoms with Gasteiger partial charge in [0.2, 0.25) is 0 Å². The topological polar surface area (TPSA) is 83.4 Å². The van der Waals surface area contributed by atoms with E-state index >= 15 is 0 Å². The van der Waals surface area contributed by atoms with Gasteiger partial charge in [-0.2, -0.15) is 0 Å². The number of rotatable bonds is 9. The monoisotopic (exact) mass is 394 g/mol. The molecular weight excluding hydrogens is 368 g/mol. The molecule has 8 heteroatoms. The van der Waals surface area contributed by atoms with Gasteiger partial charge in [-0.25, -0.2) is 18.4 Å². The Morgan fingerprint density at radius 3 is 2.65 bits per heavy atom. The van der Waals surface area contributed by atoms with E-state index in [1.54, 1.807) is 11.3 Å². The molecule has 142 valence electrons. The summed E-state index contributed by atoms with van der Waals surface area (Å²) in [6.07, 6.45) is 2.38. The molecule has 26 heavy (non-hydrogen) atoms. The highest BCUT2D eigenvalue weighted by Gasteiger charge is 2.11. The van der Waals surface area contributed by atoms with Gasteiger partial charge in [-0.1, -0.05) is 30.3 Å². The molecular formula is C18H26N4O2S2. The molecule has 1 heterocycles. The summed E-state index contributed by atoms with van der Waals surface area (Å²) in [6, 6.07) is 9.28. The molecule has 2 rings (SSSR count). The smallest absolute Gasteiger partial charge is 0.191 e. The molecule has 0 unspecified atom stereocenters. The summed E-state index contributed by atoms with van der Waals surface area (Å²) in [5.41, 5.74) is 0.828. The van der Waals surface area contributed by atoms with Gasteiger partial charge in [0, 0.05) is 24.2 Å². The zero-order chi connectivity index (χ0) is 18.8. The fraction of sp³-hybridized carbons (Fsp3) is 0.444. The molecule has 2 aromatic rings. The number of hydrogen-bond donors (Lipinski definition) is 2. The third-order valence-corrected chi connectivity index (χ3v) is 6.12. The van der Waals surface area contributed by atoms with E-state index in [-0.39, 0.29) is 11.5 Å². The van der Waals surface area contributed by atoms with Crippen LogP contribution < -0.4 is 10.6 Å². The van der Waals surface area contributed by atoms with Crippen LogP contribution in [0.25, 0.3) is 0 Å². The van der Waals surface area contributed by atoms with Crippen molar-refractivity contribution in [3.05, 3.63) is 52.0 Å². The fourth-order valence-electron chi connectivity index (χ4n) is 2.36. The lowest BCUT2D eigenvalue weighted by Gasteiger charge is -2.11. The SMILES string of the molecule is CCNC(=NCc1ncc(C)s1)NCCCS(=O)(=O)Cc1ccccc1. The fourth-order valence-corrected chi connectivity index (χ4v) is 4.50. The van der Waals surface area contributed by atoms with Crippen LogP contribution in [0, 0.1) is 6.92 Å². The average Bonchev–Trinajstić information content (AvgIpc) is 3.02. The minimum absolute atomic E-state index is 0.0887. The van der Waals surface area contributed by atoms with E-state index in [9.17, 15) is 8.42 Å². The maximum absolute atomic E-state index is 12.2. The first-order chi connectivity index (χ1) is 12.5. The average molecular weight is 395 g/mol. The van der Waals surface area contributed by atoms with E-state index in [0.717, 1.165) is 22.0 Å². The van der Waals surface area contributed by atoms with Crippen molar-refractivity contribution in [2.75, 3.05) is 18.8 Å². The Labute approximate surface area is 159 Å². The molecule has 0 saturated heterocycles. The van der Waals surface area contributed by atoms with Gasteiger partial charge < -0.3 is 10.6 Å². The van der Waals surface area contributed by atoms with Crippen molar-refractivity contribution in [3.63, 3.8) is 0 Å². The Balaban J connectivity index is 1.78. The lowest BCUT2D eigenvalue weighted by atomic mass is 10.2. The number of guanidine groups is 1. The Morgan fingerprint density at radius 2 is 2.00 bits per heavy atom. The van der Waals surface area contributed by atoms with Crippen LogP contribution in [0.15, 0.2) is 41.5 Å². The van der Waals surface area contributed by atoms with Crippen LogP contribution in [0.5, 0.6) is 0 Å². The van der Waals surface area contributed by atoms with Gasteiger partial charge in [0.1, 0.15) is 5.01 Å². The summed E-state index contributed by atoms with van der Waals surface area (Å²) >= 11 is 1.63. The molecule has 0 spiro atoms. The van der Waals surface area contributed by atoms with Gasteiger partial charge >= 0.3 is 0 Å². The van der Waals surface area contributed by atoms with E-state index in [0.29, 0.717) is 25.5 Å². The second kappa shape index (κ2) is 10.3. The third kappa shape index (κ3) is 7.53. The Kier molecular flexibility index (Phi) is 8.06. The minimum Gasteiger partial charge on any atom is -0.357 e. The molecule has 6 nitrogen and oxygen atoms in total. The molecule has 0 bridgehead atoms. The zero-order valence-electron chi connectivity index (χ0n) is 15.2. The first kappa shape index (κ1) is 20.4. The van der Waals surface area contributed by atoms with Gasteiger partial charge in [0.25, 0.3) is 0 Å². The second-order valence-electron chi connectivity index (χ2n) is 5.92. The number of nitrogens with zero attached hydrogens (tertiary/aromatic N) is 2. The van der Waals surface area contributed by atoms with Crippen molar-refractivity contribution in [1.82, 2.24) is 15.6 Å². The lowest BCUT2D eigenvalue weighted by Crippen LogP contribution is -2.38. The molecule has 0 saturated carbocycles. The lowest BCUT2D eigenvalue weighted by molar-refractivity contribution is 0.591. The largest absolute Gasteiger partial charge is 0.357 e. The number of aromatic nitrogens is 1. The van der Waals surface area contributed by atoms with Crippen LogP contribution in [-0.2, 0) is 22.1 Å². The molecule has 0 radical (unpaired) electrons. The first-order valence-corrected chi connectivity index (χ1v) is 11.3. The predicted octanol–water partition coefficient (Wildman–Crippen LogP) is 2.51. The molecule has 2 N–H and O–H groups in total. The van der Waals surface area contributed by atoms with Crippen LogP contribution in [0.3, 0.4) is 0 Å². The van der Waals surface area contributed by atoms with Gasteiger partial charge in [-0.15, -0.1) is 11.3 Å². The van der Waals surface area contributed by atoms with Gasteiger partial charge in [0.05, 0.1) is 18.1 Å². The van der Waals surface area contributed by atoms with Gasteiger partial charge in [0.15, 0.2) is 15.8 Å². The summed E-state index contributed by atoms with van der Waals surface area (Å²) in [4.78, 5) is 9.95. The summed E-state index contributed by atoms with van der Waals surface area (Å²) in [6.45, 7) is 5.82. The number of aryl methyl sites for hydroxylation is 1. The molecule has 1 aromatic heterocycles. The van der Waals surface area contributed by atoms with Crippen LogP contribution in [0.4, 0.5) is 0 Å². The highest BCUT2D eigenvalue weighted by molar-refractivity contribution is 7.90. The van der Waals surface area contributed by atoms with Crippen molar-refractivity contribution in [1.29, 1.82) is 0 Å². The summed E-state index contributed by atoms with van der Waals surface area (Å²) in [5, 5.41) is 7.31. The van der Waals surface area contributed by atoms with E-state index in [4.69, 9.17) is 0 Å². The Hall–Kier alpha value is -1.93. The van der Waals surface area contributed by atoms with Crippen molar-refractivity contribution < 1.29 is 8.42 Å². The number of sulfone groups is 1. The maximum Gasteiger partial charge on any atom is 0.191 e. The standard InChI is InChI=1S/C18H26N4O2S2/c1-3-19-18(22-13-17-21-12-15(2)25-17)20-10-7-11-26(23,24)14-16-8-5-4-6-9-16/h4-6,8-9,12H,3,7,10-11,13-14H2,1-2H3,(H2,19,20,22). The highest BCUT2D eigenvalue weighted by atomic mass is 32.2. The molecule has 0 aliphatic heterocycles. The number of nitrogens with one attached hydrogen (secondary N) is 2. The highest BCUT2D eigenvalue weighted by Crippen LogP contribution is 2.11. The quantitative estimate of drug-likeness (QED) is 0.388. The number of thiazole rings is 1. The summed E-state index contributed by atoms with van der Waals surface area (Å²) in [5.74, 6) is 0.923. The minimum atomic E-state index is -3.11. The maximum atomic E-state index is 12.2. The summed E-state index contributed by atoms with van der Waals surface area (Å²) in [7, 11) is -3.11. The van der Waals surface area contributed by atoms with Crippen LogP contribution >= 0.6 is 11.3 Å². The second-order valence-corrected chi connectivity index (χ2v) is 9.42. The molecule has 0 aliphatic rings. The molecule has 0 amide bonds. The zero-order valence-corrected chi connectivity index (χ0v) is 16.9. The van der Waals surface area contributed by atoms with Gasteiger partial charge in [-0.05, 0) is 25.8 Å². The van der Waals surface area contributed by atoms with Crippen LogP contribution in [0.2, 0.25) is 0 Å². The van der Waals surface area contributed by atoms with Crippen LogP contribution in [-0.4, -0.2) is 38.2 Å².